The Hall–Kier alpha value is -1.02. The van der Waals surface area contributed by atoms with Gasteiger partial charge < -0.3 is 10.1 Å². The highest BCUT2D eigenvalue weighted by Crippen LogP contribution is 2.36. The molecule has 1 fully saturated rings. The van der Waals surface area contributed by atoms with E-state index in [1.807, 2.05) is 0 Å². The molecule has 0 spiro atoms. The fraction of sp³-hybridized carbons (Fsp3) is 0.647. The molecule has 0 radical (unpaired) electrons. The van der Waals surface area contributed by atoms with Gasteiger partial charge in [0.15, 0.2) is 0 Å². The van der Waals surface area contributed by atoms with Crippen molar-refractivity contribution in [1.29, 1.82) is 0 Å². The molecule has 1 saturated carbocycles. The average Bonchev–Trinajstić information content (AvgIpc) is 3.25. The molecule has 1 N–H and O–H groups in total. The topological polar surface area (TPSA) is 21.3 Å². The zero-order chi connectivity index (χ0) is 13.5. The summed E-state index contributed by atoms with van der Waals surface area (Å²) in [6.07, 6.45) is 6.55. The van der Waals surface area contributed by atoms with Crippen LogP contribution in [0.4, 0.5) is 0 Å². The van der Waals surface area contributed by atoms with E-state index in [0.29, 0.717) is 6.04 Å². The van der Waals surface area contributed by atoms with Gasteiger partial charge in [-0.25, -0.2) is 0 Å². The van der Waals surface area contributed by atoms with Crippen molar-refractivity contribution in [1.82, 2.24) is 5.32 Å². The van der Waals surface area contributed by atoms with Gasteiger partial charge in [0.1, 0.15) is 5.75 Å². The Morgan fingerprint density at radius 2 is 2.16 bits per heavy atom. The van der Waals surface area contributed by atoms with E-state index in [2.05, 4.69) is 43.4 Å². The molecule has 1 unspecified atom stereocenters. The maximum atomic E-state index is 5.73. The molecule has 0 amide bonds. The number of nitrogens with one attached hydrogen (secondary N) is 1. The number of benzene rings is 1. The zero-order valence-electron chi connectivity index (χ0n) is 12.3. The van der Waals surface area contributed by atoms with Crippen LogP contribution >= 0.6 is 0 Å². The maximum absolute atomic E-state index is 5.73. The quantitative estimate of drug-likeness (QED) is 0.715. The zero-order valence-corrected chi connectivity index (χ0v) is 12.3. The van der Waals surface area contributed by atoms with Gasteiger partial charge in [0.2, 0.25) is 0 Å². The van der Waals surface area contributed by atoms with Gasteiger partial charge in [0.25, 0.3) is 0 Å². The molecule has 0 saturated heterocycles. The lowest BCUT2D eigenvalue weighted by Gasteiger charge is -2.19. The van der Waals surface area contributed by atoms with Gasteiger partial charge in [-0.05, 0) is 49.4 Å². The summed E-state index contributed by atoms with van der Waals surface area (Å²) in [5, 5.41) is 3.61. The van der Waals surface area contributed by atoms with E-state index in [9.17, 15) is 0 Å². The van der Waals surface area contributed by atoms with Gasteiger partial charge >= 0.3 is 0 Å². The smallest absolute Gasteiger partial charge is 0.119 e. The standard InChI is InChI=1S/C17H27NO/c1-3-12-19-16-7-5-6-15(13-16)17(18-4-2)11-10-14-8-9-14/h5-7,13-14,17-18H,3-4,8-12H2,1-2H3. The normalized spacial score (nSPS) is 16.3. The van der Waals surface area contributed by atoms with E-state index in [0.717, 1.165) is 31.2 Å². The predicted octanol–water partition coefficient (Wildman–Crippen LogP) is 4.32. The molecular weight excluding hydrogens is 234 g/mol. The highest BCUT2D eigenvalue weighted by molar-refractivity contribution is 5.30. The number of hydrogen-bond donors (Lipinski definition) is 1. The number of ether oxygens (including phenoxy) is 1. The second kappa shape index (κ2) is 7.54. The summed E-state index contributed by atoms with van der Waals surface area (Å²) in [5.41, 5.74) is 1.37. The predicted molar refractivity (Wildman–Crippen MR) is 80.6 cm³/mol. The molecule has 2 rings (SSSR count). The van der Waals surface area contributed by atoms with Crippen LogP contribution in [-0.2, 0) is 0 Å². The number of hydrogen-bond acceptors (Lipinski definition) is 2. The molecule has 0 heterocycles. The molecule has 0 aliphatic heterocycles. The van der Waals surface area contributed by atoms with Crippen molar-refractivity contribution < 1.29 is 4.74 Å². The Balaban J connectivity index is 1.97. The van der Waals surface area contributed by atoms with Gasteiger partial charge in [-0.3, -0.25) is 0 Å². The van der Waals surface area contributed by atoms with E-state index in [1.54, 1.807) is 0 Å². The van der Waals surface area contributed by atoms with Gasteiger partial charge in [-0.1, -0.05) is 38.8 Å². The van der Waals surface area contributed by atoms with E-state index in [1.165, 1.54) is 31.2 Å². The summed E-state index contributed by atoms with van der Waals surface area (Å²) >= 11 is 0. The third-order valence-electron chi connectivity index (χ3n) is 3.74. The van der Waals surface area contributed by atoms with Crippen LogP contribution in [-0.4, -0.2) is 13.2 Å². The number of rotatable bonds is 9. The summed E-state index contributed by atoms with van der Waals surface area (Å²) in [5.74, 6) is 2.01. The molecule has 0 aromatic heterocycles. The van der Waals surface area contributed by atoms with Crippen LogP contribution in [0.5, 0.6) is 5.75 Å². The molecule has 1 aromatic carbocycles. The lowest BCUT2D eigenvalue weighted by molar-refractivity contribution is 0.316. The first-order valence-corrected chi connectivity index (χ1v) is 7.79. The van der Waals surface area contributed by atoms with Gasteiger partial charge in [0.05, 0.1) is 6.61 Å². The van der Waals surface area contributed by atoms with Gasteiger partial charge in [0, 0.05) is 6.04 Å². The third kappa shape index (κ3) is 4.87. The van der Waals surface area contributed by atoms with Crippen molar-refractivity contribution in [2.45, 2.75) is 52.0 Å². The summed E-state index contributed by atoms with van der Waals surface area (Å²) in [6, 6.07) is 9.08. The lowest BCUT2D eigenvalue weighted by atomic mass is 10.00. The first-order chi connectivity index (χ1) is 9.33. The molecule has 2 nitrogen and oxygen atoms in total. The highest BCUT2D eigenvalue weighted by atomic mass is 16.5. The second-order valence-corrected chi connectivity index (χ2v) is 5.55. The minimum atomic E-state index is 0.482. The van der Waals surface area contributed by atoms with Crippen molar-refractivity contribution in [2.75, 3.05) is 13.2 Å². The minimum absolute atomic E-state index is 0.482. The molecule has 106 valence electrons. The minimum Gasteiger partial charge on any atom is -0.494 e. The Morgan fingerprint density at radius 1 is 1.32 bits per heavy atom. The molecule has 1 atom stereocenters. The SMILES string of the molecule is CCCOc1cccc(C(CCC2CC2)NCC)c1. The largest absolute Gasteiger partial charge is 0.494 e. The lowest BCUT2D eigenvalue weighted by Crippen LogP contribution is -2.21. The van der Waals surface area contributed by atoms with Crippen LogP contribution in [0.1, 0.15) is 57.6 Å². The fourth-order valence-corrected chi connectivity index (χ4v) is 2.48. The second-order valence-electron chi connectivity index (χ2n) is 5.55. The molecule has 1 aromatic rings. The van der Waals surface area contributed by atoms with Crippen LogP contribution < -0.4 is 10.1 Å². The molecule has 2 heteroatoms. The van der Waals surface area contributed by atoms with Crippen LogP contribution in [0.3, 0.4) is 0 Å². The van der Waals surface area contributed by atoms with Crippen molar-refractivity contribution in [2.24, 2.45) is 5.92 Å². The van der Waals surface area contributed by atoms with Crippen molar-refractivity contribution in [3.05, 3.63) is 29.8 Å². The van der Waals surface area contributed by atoms with Crippen LogP contribution in [0.25, 0.3) is 0 Å². The van der Waals surface area contributed by atoms with Crippen LogP contribution in [0.2, 0.25) is 0 Å². The summed E-state index contributed by atoms with van der Waals surface area (Å²) in [7, 11) is 0. The highest BCUT2D eigenvalue weighted by Gasteiger charge is 2.22. The van der Waals surface area contributed by atoms with Crippen LogP contribution in [0.15, 0.2) is 24.3 Å². The molecule has 0 bridgehead atoms. The Bertz CT molecular complexity index is 373. The fourth-order valence-electron chi connectivity index (χ4n) is 2.48. The molecular formula is C17H27NO. The van der Waals surface area contributed by atoms with E-state index in [4.69, 9.17) is 4.74 Å². The van der Waals surface area contributed by atoms with Crippen molar-refractivity contribution in [3.8, 4) is 5.75 Å². The van der Waals surface area contributed by atoms with E-state index >= 15 is 0 Å². The van der Waals surface area contributed by atoms with Crippen molar-refractivity contribution >= 4 is 0 Å². The summed E-state index contributed by atoms with van der Waals surface area (Å²) in [6.45, 7) is 6.15. The van der Waals surface area contributed by atoms with E-state index < -0.39 is 0 Å². The summed E-state index contributed by atoms with van der Waals surface area (Å²) < 4.78 is 5.73. The monoisotopic (exact) mass is 261 g/mol. The first-order valence-electron chi connectivity index (χ1n) is 7.79. The van der Waals surface area contributed by atoms with Gasteiger partial charge in [-0.15, -0.1) is 0 Å². The third-order valence-corrected chi connectivity index (χ3v) is 3.74. The average molecular weight is 261 g/mol. The summed E-state index contributed by atoms with van der Waals surface area (Å²) in [4.78, 5) is 0. The Labute approximate surface area is 117 Å². The van der Waals surface area contributed by atoms with Gasteiger partial charge in [-0.2, -0.15) is 0 Å². The molecule has 1 aliphatic carbocycles. The molecule has 19 heavy (non-hydrogen) atoms. The van der Waals surface area contributed by atoms with E-state index in [-0.39, 0.29) is 0 Å². The van der Waals surface area contributed by atoms with Crippen LogP contribution in [0, 0.1) is 5.92 Å². The Kier molecular flexibility index (Phi) is 5.71. The Morgan fingerprint density at radius 3 is 2.84 bits per heavy atom. The first kappa shape index (κ1) is 14.4. The maximum Gasteiger partial charge on any atom is 0.119 e. The molecule has 1 aliphatic rings. The van der Waals surface area contributed by atoms with Crippen molar-refractivity contribution in [3.63, 3.8) is 0 Å².